The van der Waals surface area contributed by atoms with Gasteiger partial charge < -0.3 is 10.1 Å². The highest BCUT2D eigenvalue weighted by atomic mass is 35.5. The van der Waals surface area contributed by atoms with Gasteiger partial charge in [0.05, 0.1) is 6.61 Å². The van der Waals surface area contributed by atoms with Crippen molar-refractivity contribution in [2.45, 2.75) is 31.8 Å². The second-order valence-corrected chi connectivity index (χ2v) is 4.99. The molecule has 1 aromatic rings. The van der Waals surface area contributed by atoms with Crippen molar-refractivity contribution in [1.82, 2.24) is 5.32 Å². The molecule has 0 spiro atoms. The molecule has 7 heteroatoms. The number of hydrogen-bond acceptors (Lipinski definition) is 3. The molecule has 1 aliphatic carbocycles. The molecule has 0 amide bonds. The topological polar surface area (TPSA) is 30.5 Å². The molecule has 1 aliphatic rings. The smallest absolute Gasteiger partial charge is 0.491 e. The first-order valence-corrected chi connectivity index (χ1v) is 6.67. The van der Waals surface area contributed by atoms with E-state index < -0.39 is 13.0 Å². The molecule has 0 aromatic heterocycles. The normalized spacial score (nSPS) is 15.4. The van der Waals surface area contributed by atoms with Crippen LogP contribution in [-0.4, -0.2) is 25.6 Å². The van der Waals surface area contributed by atoms with Gasteiger partial charge in [-0.1, -0.05) is 11.6 Å². The molecule has 1 aromatic carbocycles. The SMILES string of the molecule is FC(F)(F)OCCOc1ccc(Cl)cc1CNC1CC1. The minimum Gasteiger partial charge on any atom is -0.491 e. The molecule has 0 bridgehead atoms. The predicted molar refractivity (Wildman–Crippen MR) is 68.8 cm³/mol. The van der Waals surface area contributed by atoms with Gasteiger partial charge in [-0.3, -0.25) is 4.74 Å². The molecule has 3 nitrogen and oxygen atoms in total. The molecule has 0 radical (unpaired) electrons. The Kier molecular flexibility index (Phi) is 5.12. The molecular formula is C13H15ClF3NO2. The Morgan fingerprint density at radius 3 is 2.65 bits per heavy atom. The van der Waals surface area contributed by atoms with Crippen LogP contribution in [0.1, 0.15) is 18.4 Å². The maximum Gasteiger partial charge on any atom is 0.522 e. The van der Waals surface area contributed by atoms with E-state index in [1.54, 1.807) is 18.2 Å². The van der Waals surface area contributed by atoms with Crippen LogP contribution in [0.15, 0.2) is 18.2 Å². The number of rotatable bonds is 7. The lowest BCUT2D eigenvalue weighted by molar-refractivity contribution is -0.325. The van der Waals surface area contributed by atoms with Gasteiger partial charge in [0.25, 0.3) is 0 Å². The maximum atomic E-state index is 11.8. The first-order chi connectivity index (χ1) is 9.44. The molecule has 0 aliphatic heterocycles. The lowest BCUT2D eigenvalue weighted by Gasteiger charge is -2.13. The number of nitrogens with one attached hydrogen (secondary N) is 1. The molecule has 20 heavy (non-hydrogen) atoms. The van der Waals surface area contributed by atoms with Crippen molar-refractivity contribution in [3.63, 3.8) is 0 Å². The third-order valence-corrected chi connectivity index (χ3v) is 3.02. The van der Waals surface area contributed by atoms with Gasteiger partial charge in [0, 0.05) is 23.2 Å². The number of ether oxygens (including phenoxy) is 2. The molecule has 0 unspecified atom stereocenters. The van der Waals surface area contributed by atoms with E-state index >= 15 is 0 Å². The Labute approximate surface area is 120 Å². The van der Waals surface area contributed by atoms with Gasteiger partial charge in [0.1, 0.15) is 12.4 Å². The average molecular weight is 310 g/mol. The van der Waals surface area contributed by atoms with Crippen LogP contribution in [0.5, 0.6) is 5.75 Å². The van der Waals surface area contributed by atoms with E-state index in [9.17, 15) is 13.2 Å². The van der Waals surface area contributed by atoms with Crippen LogP contribution < -0.4 is 10.1 Å². The molecule has 0 heterocycles. The zero-order chi connectivity index (χ0) is 14.6. The fraction of sp³-hybridized carbons (Fsp3) is 0.538. The summed E-state index contributed by atoms with van der Waals surface area (Å²) in [7, 11) is 0. The summed E-state index contributed by atoms with van der Waals surface area (Å²) >= 11 is 5.91. The lowest BCUT2D eigenvalue weighted by atomic mass is 10.2. The van der Waals surface area contributed by atoms with Crippen LogP contribution in [-0.2, 0) is 11.3 Å². The van der Waals surface area contributed by atoms with Crippen molar-refractivity contribution in [3.8, 4) is 5.75 Å². The summed E-state index contributed by atoms with van der Waals surface area (Å²) in [6, 6.07) is 5.56. The van der Waals surface area contributed by atoms with E-state index in [4.69, 9.17) is 16.3 Å². The van der Waals surface area contributed by atoms with Crippen LogP contribution in [0.2, 0.25) is 5.02 Å². The van der Waals surface area contributed by atoms with E-state index in [2.05, 4.69) is 10.1 Å². The summed E-state index contributed by atoms with van der Waals surface area (Å²) in [4.78, 5) is 0. The summed E-state index contributed by atoms with van der Waals surface area (Å²) in [6.45, 7) is -0.125. The highest BCUT2D eigenvalue weighted by molar-refractivity contribution is 6.30. The molecule has 112 valence electrons. The van der Waals surface area contributed by atoms with E-state index in [-0.39, 0.29) is 6.61 Å². The molecule has 1 saturated carbocycles. The van der Waals surface area contributed by atoms with Crippen molar-refractivity contribution in [2.75, 3.05) is 13.2 Å². The number of hydrogen-bond donors (Lipinski definition) is 1. The molecular weight excluding hydrogens is 295 g/mol. The van der Waals surface area contributed by atoms with Crippen molar-refractivity contribution in [2.24, 2.45) is 0 Å². The van der Waals surface area contributed by atoms with Crippen LogP contribution in [0.25, 0.3) is 0 Å². The summed E-state index contributed by atoms with van der Waals surface area (Å²) in [5, 5.41) is 3.87. The Balaban J connectivity index is 1.85. The first kappa shape index (κ1) is 15.4. The summed E-state index contributed by atoms with van der Waals surface area (Å²) in [5.74, 6) is 0.522. The highest BCUT2D eigenvalue weighted by Gasteiger charge is 2.28. The fourth-order valence-corrected chi connectivity index (χ4v) is 1.87. The first-order valence-electron chi connectivity index (χ1n) is 6.29. The van der Waals surface area contributed by atoms with Crippen LogP contribution in [0.4, 0.5) is 13.2 Å². The quantitative estimate of drug-likeness (QED) is 0.782. The fourth-order valence-electron chi connectivity index (χ4n) is 1.68. The van der Waals surface area contributed by atoms with Gasteiger partial charge in [-0.05, 0) is 31.0 Å². The summed E-state index contributed by atoms with van der Waals surface area (Å²) < 4.78 is 44.4. The Hall–Kier alpha value is -0.980. The Morgan fingerprint density at radius 1 is 1.25 bits per heavy atom. The second-order valence-electron chi connectivity index (χ2n) is 4.55. The Bertz CT molecular complexity index is 450. The summed E-state index contributed by atoms with van der Waals surface area (Å²) in [5.41, 5.74) is 0.830. The van der Waals surface area contributed by atoms with Gasteiger partial charge in [-0.25, -0.2) is 0 Å². The lowest BCUT2D eigenvalue weighted by Crippen LogP contribution is -2.19. The molecule has 1 N–H and O–H groups in total. The maximum absolute atomic E-state index is 11.8. The highest BCUT2D eigenvalue weighted by Crippen LogP contribution is 2.25. The number of alkyl halides is 3. The third kappa shape index (κ3) is 5.56. The van der Waals surface area contributed by atoms with Gasteiger partial charge in [-0.2, -0.15) is 0 Å². The van der Waals surface area contributed by atoms with E-state index in [1.807, 2.05) is 0 Å². The zero-order valence-corrected chi connectivity index (χ0v) is 11.4. The summed E-state index contributed by atoms with van der Waals surface area (Å²) in [6.07, 6.45) is -2.33. The standard InChI is InChI=1S/C13H15ClF3NO2/c14-10-1-4-12(19-5-6-20-13(15,16)17)9(7-10)8-18-11-2-3-11/h1,4,7,11,18H,2-3,5-6,8H2. The van der Waals surface area contributed by atoms with Crippen molar-refractivity contribution >= 4 is 11.6 Å². The van der Waals surface area contributed by atoms with Crippen LogP contribution >= 0.6 is 11.6 Å². The van der Waals surface area contributed by atoms with Gasteiger partial charge >= 0.3 is 6.36 Å². The van der Waals surface area contributed by atoms with Crippen molar-refractivity contribution in [3.05, 3.63) is 28.8 Å². The van der Waals surface area contributed by atoms with E-state index in [0.29, 0.717) is 23.4 Å². The monoisotopic (exact) mass is 309 g/mol. The second kappa shape index (κ2) is 6.65. The van der Waals surface area contributed by atoms with Gasteiger partial charge in [-0.15, -0.1) is 13.2 Å². The zero-order valence-electron chi connectivity index (χ0n) is 10.7. The van der Waals surface area contributed by atoms with Crippen molar-refractivity contribution in [1.29, 1.82) is 0 Å². The minimum absolute atomic E-state index is 0.169. The van der Waals surface area contributed by atoms with Crippen molar-refractivity contribution < 1.29 is 22.6 Å². The van der Waals surface area contributed by atoms with Gasteiger partial charge in [0.15, 0.2) is 0 Å². The van der Waals surface area contributed by atoms with E-state index in [1.165, 1.54) is 0 Å². The number of halogens is 4. The molecule has 0 atom stereocenters. The average Bonchev–Trinajstić information content (AvgIpc) is 3.16. The third-order valence-electron chi connectivity index (χ3n) is 2.79. The van der Waals surface area contributed by atoms with Gasteiger partial charge in [0.2, 0.25) is 0 Å². The molecule has 2 rings (SSSR count). The molecule has 0 saturated heterocycles. The predicted octanol–water partition coefficient (Wildman–Crippen LogP) is 3.51. The van der Waals surface area contributed by atoms with E-state index in [0.717, 1.165) is 18.4 Å². The largest absolute Gasteiger partial charge is 0.522 e. The van der Waals surface area contributed by atoms with Crippen LogP contribution in [0.3, 0.4) is 0 Å². The van der Waals surface area contributed by atoms with Crippen LogP contribution in [0, 0.1) is 0 Å². The minimum atomic E-state index is -4.63. The molecule has 1 fully saturated rings. The Morgan fingerprint density at radius 2 is 2.00 bits per heavy atom. The number of benzene rings is 1.